The van der Waals surface area contributed by atoms with E-state index in [0.29, 0.717) is 18.1 Å². The van der Waals surface area contributed by atoms with Crippen LogP contribution in [0.25, 0.3) is 17.2 Å². The van der Waals surface area contributed by atoms with Gasteiger partial charge in [-0.05, 0) is 17.2 Å². The molecule has 0 unspecified atom stereocenters. The molecule has 2 heterocycles. The van der Waals surface area contributed by atoms with Crippen LogP contribution >= 0.6 is 0 Å². The predicted molar refractivity (Wildman–Crippen MR) is 96.0 cm³/mol. The summed E-state index contributed by atoms with van der Waals surface area (Å²) in [4.78, 5) is 24.3. The van der Waals surface area contributed by atoms with E-state index in [1.165, 1.54) is 0 Å². The number of amidine groups is 1. The van der Waals surface area contributed by atoms with Crippen LogP contribution in [0.3, 0.4) is 0 Å². The van der Waals surface area contributed by atoms with E-state index in [2.05, 4.69) is 20.3 Å². The van der Waals surface area contributed by atoms with E-state index in [1.807, 2.05) is 30.4 Å². The molecule has 1 aromatic carbocycles. The lowest BCUT2D eigenvalue weighted by molar-refractivity contribution is -0.121. The monoisotopic (exact) mass is 337 g/mol. The van der Waals surface area contributed by atoms with E-state index in [9.17, 15) is 4.79 Å². The van der Waals surface area contributed by atoms with Gasteiger partial charge in [0.05, 0.1) is 18.8 Å². The summed E-state index contributed by atoms with van der Waals surface area (Å²) in [6.07, 6.45) is 8.14. The molecule has 4 N–H and O–H groups in total. The van der Waals surface area contributed by atoms with Crippen molar-refractivity contribution in [2.45, 2.75) is 19.4 Å². The average Bonchev–Trinajstić information content (AvgIpc) is 2.80. The van der Waals surface area contributed by atoms with Gasteiger partial charge in [0.2, 0.25) is 5.91 Å². The fraction of sp³-hybridized carbons (Fsp3) is 0.222. The van der Waals surface area contributed by atoms with Gasteiger partial charge in [-0.1, -0.05) is 24.3 Å². The number of nitrogens with one attached hydrogen (secondary N) is 1. The molecule has 0 aliphatic carbocycles. The molecule has 3 rings (SSSR count). The van der Waals surface area contributed by atoms with Crippen molar-refractivity contribution in [1.82, 2.24) is 15.3 Å². The van der Waals surface area contributed by atoms with Crippen LogP contribution in [0.4, 0.5) is 5.69 Å². The maximum absolute atomic E-state index is 11.3. The highest BCUT2D eigenvalue weighted by molar-refractivity contribution is 5.89. The molecule has 7 heteroatoms. The summed E-state index contributed by atoms with van der Waals surface area (Å²) in [5.74, 6) is 0.858. The highest BCUT2D eigenvalue weighted by Gasteiger charge is 2.08. The van der Waals surface area contributed by atoms with Crippen molar-refractivity contribution >= 4 is 23.5 Å². The standard InChI is InChI=1S/C18H19N5O2/c19-16-3-1-2-12-4-5-13(8-15(12)23-16)14-9-20-17(21-10-14)11-22-18(25)6-7-24/h1-2,4-5,8-10,24H,3,6-7,11H2,(H2,19,23)(H,22,25). The molecular formula is C18H19N5O2. The second-order valence-corrected chi connectivity index (χ2v) is 5.62. The van der Waals surface area contributed by atoms with Gasteiger partial charge in [-0.25, -0.2) is 15.0 Å². The maximum atomic E-state index is 11.3. The molecule has 0 radical (unpaired) electrons. The van der Waals surface area contributed by atoms with Gasteiger partial charge in [0.25, 0.3) is 0 Å². The summed E-state index contributed by atoms with van der Waals surface area (Å²) in [6, 6.07) is 5.94. The molecule has 0 saturated carbocycles. The average molecular weight is 337 g/mol. The van der Waals surface area contributed by atoms with Crippen molar-refractivity contribution in [3.8, 4) is 11.1 Å². The van der Waals surface area contributed by atoms with Crippen molar-refractivity contribution in [3.05, 3.63) is 48.1 Å². The van der Waals surface area contributed by atoms with Gasteiger partial charge in [0.15, 0.2) is 0 Å². The van der Waals surface area contributed by atoms with Crippen LogP contribution < -0.4 is 11.1 Å². The first kappa shape index (κ1) is 16.8. The molecule has 2 aromatic rings. The normalized spacial score (nSPS) is 12.9. The first-order valence-corrected chi connectivity index (χ1v) is 7.98. The molecular weight excluding hydrogens is 318 g/mol. The third kappa shape index (κ3) is 4.27. The molecule has 0 saturated heterocycles. The summed E-state index contributed by atoms with van der Waals surface area (Å²) in [7, 11) is 0. The number of carbonyl (C=O) groups is 1. The van der Waals surface area contributed by atoms with Crippen LogP contribution in [0.15, 0.2) is 41.7 Å². The largest absolute Gasteiger partial charge is 0.396 e. The molecule has 1 aliphatic heterocycles. The number of aromatic nitrogens is 2. The van der Waals surface area contributed by atoms with Crippen molar-refractivity contribution in [1.29, 1.82) is 0 Å². The van der Waals surface area contributed by atoms with Crippen LogP contribution in [0, 0.1) is 0 Å². The Morgan fingerprint density at radius 1 is 1.24 bits per heavy atom. The van der Waals surface area contributed by atoms with E-state index in [1.54, 1.807) is 12.4 Å². The maximum Gasteiger partial charge on any atom is 0.222 e. The Labute approximate surface area is 145 Å². The van der Waals surface area contributed by atoms with Crippen LogP contribution in [-0.2, 0) is 11.3 Å². The Hall–Kier alpha value is -3.06. The Bertz CT molecular complexity index is 828. The summed E-state index contributed by atoms with van der Waals surface area (Å²) < 4.78 is 0. The lowest BCUT2D eigenvalue weighted by Gasteiger charge is -2.07. The van der Waals surface area contributed by atoms with E-state index >= 15 is 0 Å². The van der Waals surface area contributed by atoms with Crippen LogP contribution in [0.1, 0.15) is 24.2 Å². The van der Waals surface area contributed by atoms with Gasteiger partial charge in [-0.15, -0.1) is 0 Å². The highest BCUT2D eigenvalue weighted by Crippen LogP contribution is 2.29. The summed E-state index contributed by atoms with van der Waals surface area (Å²) in [5, 5.41) is 11.3. The molecule has 7 nitrogen and oxygen atoms in total. The molecule has 0 bridgehead atoms. The summed E-state index contributed by atoms with van der Waals surface area (Å²) in [5.41, 5.74) is 9.51. The number of nitrogens with two attached hydrogens (primary N) is 1. The molecule has 0 fully saturated rings. The second-order valence-electron chi connectivity index (χ2n) is 5.62. The number of hydrogen-bond donors (Lipinski definition) is 3. The summed E-state index contributed by atoms with van der Waals surface area (Å²) in [6.45, 7) is 0.0566. The fourth-order valence-electron chi connectivity index (χ4n) is 2.43. The fourth-order valence-corrected chi connectivity index (χ4v) is 2.43. The molecule has 0 atom stereocenters. The van der Waals surface area contributed by atoms with Crippen molar-refractivity contribution in [3.63, 3.8) is 0 Å². The first-order valence-electron chi connectivity index (χ1n) is 7.98. The number of hydrogen-bond acceptors (Lipinski definition) is 6. The SMILES string of the molecule is NC1=Nc2cc(-c3cnc(CNC(=O)CCO)nc3)ccc2C=CC1. The Morgan fingerprint density at radius 2 is 2.04 bits per heavy atom. The Kier molecular flexibility index (Phi) is 5.15. The minimum atomic E-state index is -0.232. The topological polar surface area (TPSA) is 113 Å². The van der Waals surface area contributed by atoms with Crippen molar-refractivity contribution in [2.75, 3.05) is 6.61 Å². The zero-order valence-corrected chi connectivity index (χ0v) is 13.6. The third-order valence-electron chi connectivity index (χ3n) is 3.74. The lowest BCUT2D eigenvalue weighted by Crippen LogP contribution is -2.24. The van der Waals surface area contributed by atoms with E-state index in [-0.39, 0.29) is 25.5 Å². The first-order chi connectivity index (χ1) is 12.2. The Balaban J connectivity index is 1.76. The minimum absolute atomic E-state index is 0.0747. The van der Waals surface area contributed by atoms with Crippen LogP contribution in [0.2, 0.25) is 0 Å². The van der Waals surface area contributed by atoms with Gasteiger partial charge in [0, 0.05) is 30.8 Å². The highest BCUT2D eigenvalue weighted by atomic mass is 16.3. The van der Waals surface area contributed by atoms with Crippen molar-refractivity contribution in [2.24, 2.45) is 10.7 Å². The Morgan fingerprint density at radius 3 is 2.80 bits per heavy atom. The van der Waals surface area contributed by atoms with E-state index in [4.69, 9.17) is 10.8 Å². The molecule has 1 aliphatic rings. The van der Waals surface area contributed by atoms with Gasteiger partial charge < -0.3 is 16.2 Å². The van der Waals surface area contributed by atoms with E-state index < -0.39 is 0 Å². The summed E-state index contributed by atoms with van der Waals surface area (Å²) >= 11 is 0. The van der Waals surface area contributed by atoms with E-state index in [0.717, 1.165) is 22.4 Å². The zero-order chi connectivity index (χ0) is 17.6. The molecule has 1 aromatic heterocycles. The number of aliphatic hydroxyl groups excluding tert-OH is 1. The van der Waals surface area contributed by atoms with Gasteiger partial charge in [0.1, 0.15) is 11.7 Å². The number of rotatable bonds is 5. The number of fused-ring (bicyclic) bond motifs is 1. The van der Waals surface area contributed by atoms with Crippen LogP contribution in [0.5, 0.6) is 0 Å². The number of carbonyl (C=O) groups excluding carboxylic acids is 1. The number of aliphatic hydroxyl groups is 1. The van der Waals surface area contributed by atoms with Crippen molar-refractivity contribution < 1.29 is 9.90 Å². The number of benzene rings is 1. The van der Waals surface area contributed by atoms with Crippen LogP contribution in [-0.4, -0.2) is 33.4 Å². The number of aliphatic imine (C=N–C) groups is 1. The quantitative estimate of drug-likeness (QED) is 0.766. The molecule has 0 spiro atoms. The molecule has 128 valence electrons. The predicted octanol–water partition coefficient (Wildman–Crippen LogP) is 1.55. The minimum Gasteiger partial charge on any atom is -0.396 e. The number of nitrogens with zero attached hydrogens (tertiary/aromatic N) is 3. The van der Waals surface area contributed by atoms with Gasteiger partial charge in [-0.3, -0.25) is 4.79 Å². The lowest BCUT2D eigenvalue weighted by atomic mass is 10.0. The number of amides is 1. The van der Waals surface area contributed by atoms with Gasteiger partial charge in [-0.2, -0.15) is 0 Å². The smallest absolute Gasteiger partial charge is 0.222 e. The molecule has 1 amide bonds. The zero-order valence-electron chi connectivity index (χ0n) is 13.6. The van der Waals surface area contributed by atoms with Gasteiger partial charge >= 0.3 is 0 Å². The molecule has 25 heavy (non-hydrogen) atoms. The third-order valence-corrected chi connectivity index (χ3v) is 3.74. The second kappa shape index (κ2) is 7.67.